The van der Waals surface area contributed by atoms with Gasteiger partial charge >= 0.3 is 0 Å². The number of nitrogens with zero attached hydrogens (tertiary/aromatic N) is 1. The maximum atomic E-state index is 5.40. The van der Waals surface area contributed by atoms with Crippen LogP contribution in [0.25, 0.3) is 38.6 Å². The van der Waals surface area contributed by atoms with E-state index in [0.29, 0.717) is 0 Å². The fraction of sp³-hybridized carbons (Fsp3) is 0.0769. The number of ether oxygens (including phenoxy) is 2. The third kappa shape index (κ3) is 5.55. The molecule has 212 valence electrons. The average Bonchev–Trinajstić information content (AvgIpc) is 3.39. The van der Waals surface area contributed by atoms with Gasteiger partial charge in [0.15, 0.2) is 0 Å². The van der Waals surface area contributed by atoms with Crippen LogP contribution in [0.2, 0.25) is 0 Å². The third-order valence-corrected chi connectivity index (χ3v) is 7.73. The summed E-state index contributed by atoms with van der Waals surface area (Å²) >= 11 is 0. The Kier molecular flexibility index (Phi) is 7.84. The van der Waals surface area contributed by atoms with Crippen molar-refractivity contribution in [1.82, 2.24) is 4.57 Å². The molecule has 6 rings (SSSR count). The summed E-state index contributed by atoms with van der Waals surface area (Å²) in [5.41, 5.74) is 9.95. The molecular formula is C39H34N2O2. The number of fused-ring (bicyclic) bond motifs is 3. The van der Waals surface area contributed by atoms with Gasteiger partial charge in [-0.3, -0.25) is 0 Å². The second-order valence-corrected chi connectivity index (χ2v) is 10.4. The van der Waals surface area contributed by atoms with E-state index in [0.717, 1.165) is 56.4 Å². The van der Waals surface area contributed by atoms with Gasteiger partial charge in [-0.25, -0.2) is 0 Å². The molecular weight excluding hydrogens is 528 g/mol. The van der Waals surface area contributed by atoms with E-state index in [9.17, 15) is 0 Å². The molecule has 1 aromatic heterocycles. The van der Waals surface area contributed by atoms with Gasteiger partial charge in [-0.1, -0.05) is 67.3 Å². The molecule has 1 N–H and O–H groups in total. The summed E-state index contributed by atoms with van der Waals surface area (Å²) in [6.45, 7) is 6.17. The van der Waals surface area contributed by atoms with Crippen molar-refractivity contribution in [3.05, 3.63) is 151 Å². The summed E-state index contributed by atoms with van der Waals surface area (Å²) in [6.07, 6.45) is 6.17. The Labute approximate surface area is 252 Å². The molecule has 0 aliphatic carbocycles. The zero-order chi connectivity index (χ0) is 29.8. The van der Waals surface area contributed by atoms with E-state index in [1.807, 2.05) is 42.5 Å². The first-order valence-corrected chi connectivity index (χ1v) is 14.3. The number of anilines is 2. The molecule has 0 spiro atoms. The molecule has 4 nitrogen and oxygen atoms in total. The van der Waals surface area contributed by atoms with Crippen LogP contribution in [0.4, 0.5) is 11.4 Å². The van der Waals surface area contributed by atoms with Crippen molar-refractivity contribution in [2.45, 2.75) is 6.92 Å². The molecule has 0 amide bonds. The highest BCUT2D eigenvalue weighted by Crippen LogP contribution is 2.36. The summed E-state index contributed by atoms with van der Waals surface area (Å²) in [4.78, 5) is 0. The van der Waals surface area contributed by atoms with Gasteiger partial charge in [0.05, 0.1) is 25.3 Å². The fourth-order valence-electron chi connectivity index (χ4n) is 5.59. The molecule has 0 atom stereocenters. The van der Waals surface area contributed by atoms with Crippen molar-refractivity contribution in [3.8, 4) is 17.2 Å². The number of benzene rings is 5. The van der Waals surface area contributed by atoms with Gasteiger partial charge in [0, 0.05) is 33.4 Å². The summed E-state index contributed by atoms with van der Waals surface area (Å²) < 4.78 is 13.0. The van der Waals surface area contributed by atoms with E-state index in [4.69, 9.17) is 9.47 Å². The minimum absolute atomic E-state index is 0.832. The highest BCUT2D eigenvalue weighted by atomic mass is 16.5. The molecule has 0 saturated carbocycles. The fourth-order valence-corrected chi connectivity index (χ4v) is 5.59. The first-order valence-electron chi connectivity index (χ1n) is 14.3. The number of nitrogens with one attached hydrogen (secondary N) is 1. The zero-order valence-corrected chi connectivity index (χ0v) is 24.7. The van der Waals surface area contributed by atoms with Crippen molar-refractivity contribution in [1.29, 1.82) is 0 Å². The number of rotatable bonds is 9. The van der Waals surface area contributed by atoms with Gasteiger partial charge in [-0.05, 0) is 96.4 Å². The van der Waals surface area contributed by atoms with Crippen molar-refractivity contribution >= 4 is 44.3 Å². The maximum Gasteiger partial charge on any atom is 0.119 e. The first kappa shape index (κ1) is 27.7. The number of methoxy groups -OCH3 is 2. The first-order chi connectivity index (χ1) is 21.1. The Bertz CT molecular complexity index is 1980. The smallest absolute Gasteiger partial charge is 0.119 e. The van der Waals surface area contributed by atoms with Gasteiger partial charge in [-0.2, -0.15) is 0 Å². The minimum Gasteiger partial charge on any atom is -0.497 e. The van der Waals surface area contributed by atoms with Gasteiger partial charge in [0.1, 0.15) is 11.5 Å². The lowest BCUT2D eigenvalue weighted by molar-refractivity contribution is 0.414. The van der Waals surface area contributed by atoms with Crippen LogP contribution in [0, 0.1) is 0 Å². The SMILES string of the molecule is C=C/C=C(\C=C(/C)c1ccccc1Nc1ccc(OC)cc1)c1ccc2c(c1)c1ccccc1n2-c1ccc(OC)cc1. The third-order valence-electron chi connectivity index (χ3n) is 7.73. The molecule has 5 aromatic carbocycles. The molecule has 6 aromatic rings. The van der Waals surface area contributed by atoms with E-state index < -0.39 is 0 Å². The summed E-state index contributed by atoms with van der Waals surface area (Å²) in [5, 5.41) is 5.98. The van der Waals surface area contributed by atoms with Crippen molar-refractivity contribution < 1.29 is 9.47 Å². The molecule has 0 radical (unpaired) electrons. The van der Waals surface area contributed by atoms with Crippen LogP contribution in [0.1, 0.15) is 18.1 Å². The molecule has 0 saturated heterocycles. The van der Waals surface area contributed by atoms with Gasteiger partial charge in [0.25, 0.3) is 0 Å². The second-order valence-electron chi connectivity index (χ2n) is 10.4. The van der Waals surface area contributed by atoms with Crippen molar-refractivity contribution in [3.63, 3.8) is 0 Å². The molecule has 1 heterocycles. The molecule has 0 bridgehead atoms. The lowest BCUT2D eigenvalue weighted by Gasteiger charge is -2.14. The second kappa shape index (κ2) is 12.2. The van der Waals surface area contributed by atoms with Crippen molar-refractivity contribution in [2.75, 3.05) is 19.5 Å². The Morgan fingerprint density at radius 2 is 1.37 bits per heavy atom. The van der Waals surface area contributed by atoms with E-state index >= 15 is 0 Å². The van der Waals surface area contributed by atoms with Crippen LogP contribution in [-0.4, -0.2) is 18.8 Å². The molecule has 43 heavy (non-hydrogen) atoms. The van der Waals surface area contributed by atoms with Crippen molar-refractivity contribution in [2.24, 2.45) is 0 Å². The standard InChI is InChI=1S/C39H34N2O2/c1-5-10-28(25-27(2)34-11-6-8-13-37(34)40-30-16-20-32(42-3)21-17-30)29-15-24-39-36(26-29)35-12-7-9-14-38(35)41(39)31-18-22-33(43-4)23-19-31/h5-26,40H,1H2,2-4H3/b27-25+,28-10+. The number of aromatic nitrogens is 1. The molecule has 0 unspecified atom stereocenters. The lowest BCUT2D eigenvalue weighted by Crippen LogP contribution is -1.95. The highest BCUT2D eigenvalue weighted by Gasteiger charge is 2.14. The number of allylic oxidation sites excluding steroid dienone is 5. The Morgan fingerprint density at radius 3 is 2.09 bits per heavy atom. The Morgan fingerprint density at radius 1 is 0.721 bits per heavy atom. The summed E-state index contributed by atoms with van der Waals surface area (Å²) in [7, 11) is 3.37. The maximum absolute atomic E-state index is 5.40. The lowest BCUT2D eigenvalue weighted by atomic mass is 9.97. The summed E-state index contributed by atoms with van der Waals surface area (Å²) in [5.74, 6) is 1.67. The monoisotopic (exact) mass is 562 g/mol. The van der Waals surface area contributed by atoms with Gasteiger partial charge in [-0.15, -0.1) is 0 Å². The minimum atomic E-state index is 0.832. The highest BCUT2D eigenvalue weighted by molar-refractivity contribution is 6.10. The van der Waals surface area contributed by atoms with Crippen LogP contribution in [0.5, 0.6) is 11.5 Å². The quantitative estimate of drug-likeness (QED) is 0.178. The number of hydrogen-bond acceptors (Lipinski definition) is 3. The molecule has 0 aliphatic rings. The van der Waals surface area contributed by atoms with Gasteiger partial charge in [0.2, 0.25) is 0 Å². The average molecular weight is 563 g/mol. The van der Waals surface area contributed by atoms with E-state index in [1.165, 1.54) is 16.3 Å². The molecule has 0 fully saturated rings. The summed E-state index contributed by atoms with van der Waals surface area (Å²) in [6, 6.07) is 39.8. The van der Waals surface area contributed by atoms with Gasteiger partial charge < -0.3 is 19.4 Å². The van der Waals surface area contributed by atoms with Crippen LogP contribution >= 0.6 is 0 Å². The normalized spacial score (nSPS) is 12.0. The largest absolute Gasteiger partial charge is 0.497 e. The predicted octanol–water partition coefficient (Wildman–Crippen LogP) is 10.2. The molecule has 0 aliphatic heterocycles. The zero-order valence-electron chi connectivity index (χ0n) is 24.7. The number of hydrogen-bond donors (Lipinski definition) is 1. The Balaban J connectivity index is 1.40. The topological polar surface area (TPSA) is 35.4 Å². The number of para-hydroxylation sites is 2. The van der Waals surface area contributed by atoms with Crippen LogP contribution in [0.3, 0.4) is 0 Å². The Hall–Kier alpha value is -5.48. The molecule has 4 heteroatoms. The van der Waals surface area contributed by atoms with Crippen LogP contribution in [0.15, 0.2) is 140 Å². The predicted molar refractivity (Wildman–Crippen MR) is 182 cm³/mol. The van der Waals surface area contributed by atoms with E-state index in [-0.39, 0.29) is 0 Å². The van der Waals surface area contributed by atoms with Crippen LogP contribution < -0.4 is 14.8 Å². The van der Waals surface area contributed by atoms with E-state index in [2.05, 4.69) is 114 Å². The van der Waals surface area contributed by atoms with Crippen LogP contribution in [-0.2, 0) is 0 Å². The van der Waals surface area contributed by atoms with E-state index in [1.54, 1.807) is 14.2 Å².